The van der Waals surface area contributed by atoms with Crippen LogP contribution in [0.2, 0.25) is 0 Å². The lowest BCUT2D eigenvalue weighted by molar-refractivity contribution is 1.11. The van der Waals surface area contributed by atoms with Crippen LogP contribution in [0.15, 0.2) is 53.6 Å². The zero-order valence-corrected chi connectivity index (χ0v) is 8.92. The largest absolute Gasteiger partial charge is 0.305 e. The fraction of sp³-hybridized carbons (Fsp3) is 0. The molecule has 3 aromatic rings. The quantitative estimate of drug-likeness (QED) is 0.686. The first-order valence-electron chi connectivity index (χ1n) is 5.24. The number of hydrogen-bond acceptors (Lipinski definition) is 3. The van der Waals surface area contributed by atoms with Crippen LogP contribution in [0.4, 0.5) is 0 Å². The normalized spacial score (nSPS) is 10.6. The Morgan fingerprint density at radius 3 is 2.65 bits per heavy atom. The molecule has 0 spiro atoms. The Morgan fingerprint density at radius 2 is 1.76 bits per heavy atom. The van der Waals surface area contributed by atoms with Crippen molar-refractivity contribution in [3.8, 4) is 11.5 Å². The summed E-state index contributed by atoms with van der Waals surface area (Å²) < 4.78 is 0. The number of aromatic amines is 1. The summed E-state index contributed by atoms with van der Waals surface area (Å²) in [4.78, 5) is 22.4. The van der Waals surface area contributed by atoms with E-state index in [9.17, 15) is 4.79 Å². The molecule has 0 radical (unpaired) electrons. The monoisotopic (exact) mass is 223 g/mol. The molecule has 0 fully saturated rings. The van der Waals surface area contributed by atoms with E-state index in [-0.39, 0.29) is 5.56 Å². The first-order chi connectivity index (χ1) is 8.34. The smallest absolute Gasteiger partial charge is 0.251 e. The van der Waals surface area contributed by atoms with Crippen LogP contribution >= 0.6 is 0 Å². The van der Waals surface area contributed by atoms with E-state index in [4.69, 9.17) is 0 Å². The zero-order valence-electron chi connectivity index (χ0n) is 8.92. The van der Waals surface area contributed by atoms with Crippen LogP contribution in [0.25, 0.3) is 22.3 Å². The Labute approximate surface area is 97.0 Å². The van der Waals surface area contributed by atoms with Gasteiger partial charge in [0, 0.05) is 23.8 Å². The maximum absolute atomic E-state index is 11.3. The van der Waals surface area contributed by atoms with Crippen LogP contribution in [0, 0.1) is 0 Å². The number of rotatable bonds is 1. The van der Waals surface area contributed by atoms with Gasteiger partial charge in [-0.05, 0) is 11.5 Å². The first kappa shape index (κ1) is 9.72. The van der Waals surface area contributed by atoms with E-state index in [1.54, 1.807) is 6.20 Å². The van der Waals surface area contributed by atoms with Crippen molar-refractivity contribution in [3.05, 3.63) is 59.1 Å². The van der Waals surface area contributed by atoms with Gasteiger partial charge in [-0.15, -0.1) is 0 Å². The lowest BCUT2D eigenvalue weighted by Crippen LogP contribution is -2.06. The Morgan fingerprint density at radius 1 is 0.941 bits per heavy atom. The van der Waals surface area contributed by atoms with Crippen molar-refractivity contribution in [3.63, 3.8) is 0 Å². The number of aromatic nitrogens is 3. The van der Waals surface area contributed by atoms with Crippen molar-refractivity contribution < 1.29 is 0 Å². The van der Waals surface area contributed by atoms with E-state index >= 15 is 0 Å². The highest BCUT2D eigenvalue weighted by molar-refractivity contribution is 5.92. The van der Waals surface area contributed by atoms with Crippen molar-refractivity contribution in [2.24, 2.45) is 0 Å². The maximum atomic E-state index is 11.3. The Balaban J connectivity index is 2.34. The molecule has 0 saturated heterocycles. The standard InChI is InChI=1S/C13H9N3O/c17-11-6-8-15-13(16-11)12-10-4-2-1-3-9(10)5-7-14-12/h1-8H,(H,15,16,17). The number of pyridine rings is 1. The molecule has 0 amide bonds. The number of nitrogens with zero attached hydrogens (tertiary/aromatic N) is 2. The van der Waals surface area contributed by atoms with E-state index < -0.39 is 0 Å². The van der Waals surface area contributed by atoms with Gasteiger partial charge in [-0.3, -0.25) is 9.78 Å². The van der Waals surface area contributed by atoms with E-state index in [1.165, 1.54) is 12.3 Å². The second-order valence-electron chi connectivity index (χ2n) is 3.66. The molecule has 0 atom stereocenters. The molecule has 17 heavy (non-hydrogen) atoms. The third-order valence-corrected chi connectivity index (χ3v) is 2.57. The molecular weight excluding hydrogens is 214 g/mol. The molecule has 1 N–H and O–H groups in total. The Hall–Kier alpha value is -2.49. The lowest BCUT2D eigenvalue weighted by atomic mass is 10.1. The minimum atomic E-state index is -0.176. The van der Waals surface area contributed by atoms with Gasteiger partial charge in [0.15, 0.2) is 5.82 Å². The average molecular weight is 223 g/mol. The molecule has 2 aromatic heterocycles. The summed E-state index contributed by atoms with van der Waals surface area (Å²) >= 11 is 0. The van der Waals surface area contributed by atoms with E-state index in [0.29, 0.717) is 11.5 Å². The summed E-state index contributed by atoms with van der Waals surface area (Å²) in [7, 11) is 0. The summed E-state index contributed by atoms with van der Waals surface area (Å²) in [6.45, 7) is 0. The minimum Gasteiger partial charge on any atom is -0.305 e. The molecule has 0 aliphatic rings. The second kappa shape index (κ2) is 3.83. The topological polar surface area (TPSA) is 58.6 Å². The van der Waals surface area contributed by atoms with Crippen molar-refractivity contribution in [2.45, 2.75) is 0 Å². The van der Waals surface area contributed by atoms with Crippen LogP contribution in [0.5, 0.6) is 0 Å². The summed E-state index contributed by atoms with van der Waals surface area (Å²) in [5.74, 6) is 0.495. The van der Waals surface area contributed by atoms with Crippen LogP contribution in [0.1, 0.15) is 0 Å². The molecule has 0 aliphatic heterocycles. The Bertz CT molecular complexity index is 728. The van der Waals surface area contributed by atoms with Crippen molar-refractivity contribution in [1.82, 2.24) is 15.0 Å². The highest BCUT2D eigenvalue weighted by Crippen LogP contribution is 2.22. The van der Waals surface area contributed by atoms with Crippen molar-refractivity contribution >= 4 is 10.8 Å². The van der Waals surface area contributed by atoms with Crippen LogP contribution in [0.3, 0.4) is 0 Å². The molecule has 82 valence electrons. The average Bonchev–Trinajstić information content (AvgIpc) is 2.38. The number of hydrogen-bond donors (Lipinski definition) is 1. The summed E-state index contributed by atoms with van der Waals surface area (Å²) in [6, 6.07) is 11.2. The fourth-order valence-corrected chi connectivity index (χ4v) is 1.80. The van der Waals surface area contributed by atoms with Gasteiger partial charge in [-0.25, -0.2) is 4.98 Å². The fourth-order valence-electron chi connectivity index (χ4n) is 1.80. The summed E-state index contributed by atoms with van der Waals surface area (Å²) in [5.41, 5.74) is 0.519. The predicted molar refractivity (Wildman–Crippen MR) is 65.6 cm³/mol. The van der Waals surface area contributed by atoms with Crippen molar-refractivity contribution in [2.75, 3.05) is 0 Å². The van der Waals surface area contributed by atoms with Crippen LogP contribution < -0.4 is 5.56 Å². The molecule has 0 bridgehead atoms. The van der Waals surface area contributed by atoms with Gasteiger partial charge in [0.1, 0.15) is 5.69 Å². The minimum absolute atomic E-state index is 0.176. The van der Waals surface area contributed by atoms with Gasteiger partial charge in [-0.2, -0.15) is 0 Å². The van der Waals surface area contributed by atoms with Crippen LogP contribution in [-0.2, 0) is 0 Å². The van der Waals surface area contributed by atoms with E-state index in [2.05, 4.69) is 15.0 Å². The van der Waals surface area contributed by atoms with E-state index in [0.717, 1.165) is 10.8 Å². The van der Waals surface area contributed by atoms with Gasteiger partial charge in [-0.1, -0.05) is 24.3 Å². The molecule has 0 unspecified atom stereocenters. The molecule has 0 aliphatic carbocycles. The van der Waals surface area contributed by atoms with Gasteiger partial charge in [0.05, 0.1) is 0 Å². The predicted octanol–water partition coefficient (Wildman–Crippen LogP) is 1.99. The number of benzene rings is 1. The molecule has 2 heterocycles. The zero-order chi connectivity index (χ0) is 11.7. The molecule has 4 heteroatoms. The Kier molecular flexibility index (Phi) is 2.19. The number of nitrogens with one attached hydrogen (secondary N) is 1. The molecule has 4 nitrogen and oxygen atoms in total. The highest BCUT2D eigenvalue weighted by Gasteiger charge is 2.06. The molecule has 3 rings (SSSR count). The molecule has 1 aromatic carbocycles. The van der Waals surface area contributed by atoms with Crippen LogP contribution in [-0.4, -0.2) is 15.0 Å². The lowest BCUT2D eigenvalue weighted by Gasteiger charge is -2.03. The van der Waals surface area contributed by atoms with Crippen molar-refractivity contribution in [1.29, 1.82) is 0 Å². The SMILES string of the molecule is O=c1ccnc(-c2nccc3ccccc23)[nH]1. The van der Waals surface area contributed by atoms with Gasteiger partial charge in [0.25, 0.3) is 5.56 Å². The summed E-state index contributed by atoms with van der Waals surface area (Å²) in [5, 5.41) is 2.05. The molecule has 0 saturated carbocycles. The number of fused-ring (bicyclic) bond motifs is 1. The number of H-pyrrole nitrogens is 1. The summed E-state index contributed by atoms with van der Waals surface area (Å²) in [6.07, 6.45) is 3.20. The van der Waals surface area contributed by atoms with Gasteiger partial charge >= 0.3 is 0 Å². The third-order valence-electron chi connectivity index (χ3n) is 2.57. The molecular formula is C13H9N3O. The van der Waals surface area contributed by atoms with E-state index in [1.807, 2.05) is 30.3 Å². The highest BCUT2D eigenvalue weighted by atomic mass is 16.1. The maximum Gasteiger partial charge on any atom is 0.251 e. The second-order valence-corrected chi connectivity index (χ2v) is 3.66. The third kappa shape index (κ3) is 1.69. The van der Waals surface area contributed by atoms with Gasteiger partial charge < -0.3 is 4.98 Å². The van der Waals surface area contributed by atoms with Gasteiger partial charge in [0.2, 0.25) is 0 Å². The first-order valence-corrected chi connectivity index (χ1v) is 5.24.